The molecule has 1 N–H and O–H groups in total. The van der Waals surface area contributed by atoms with Crippen LogP contribution >= 0.6 is 11.8 Å². The number of anilines is 1. The number of fused-ring (bicyclic) bond motifs is 1. The van der Waals surface area contributed by atoms with E-state index in [0.717, 1.165) is 12.2 Å². The Morgan fingerprint density at radius 3 is 3.16 bits per heavy atom. The van der Waals surface area contributed by atoms with Gasteiger partial charge in [0, 0.05) is 23.9 Å². The molecule has 3 rings (SSSR count). The van der Waals surface area contributed by atoms with E-state index in [4.69, 9.17) is 4.42 Å². The molecule has 1 fully saturated rings. The van der Waals surface area contributed by atoms with Crippen molar-refractivity contribution in [3.63, 3.8) is 0 Å². The first-order valence-electron chi connectivity index (χ1n) is 6.11. The highest BCUT2D eigenvalue weighted by Gasteiger charge is 2.17. The molecule has 6 nitrogen and oxygen atoms in total. The highest BCUT2D eigenvalue weighted by molar-refractivity contribution is 7.99. The van der Waals surface area contributed by atoms with E-state index in [0.29, 0.717) is 23.2 Å². The number of oxazole rings is 1. The lowest BCUT2D eigenvalue weighted by Gasteiger charge is -2.21. The van der Waals surface area contributed by atoms with E-state index in [-0.39, 0.29) is 5.69 Å². The van der Waals surface area contributed by atoms with Crippen LogP contribution in [0.25, 0.3) is 11.1 Å². The third-order valence-electron chi connectivity index (χ3n) is 3.07. The summed E-state index contributed by atoms with van der Waals surface area (Å²) in [7, 11) is 0. The van der Waals surface area contributed by atoms with Crippen molar-refractivity contribution in [2.45, 2.75) is 18.9 Å². The molecule has 1 aromatic carbocycles. The van der Waals surface area contributed by atoms with Crippen LogP contribution in [0.2, 0.25) is 0 Å². The van der Waals surface area contributed by atoms with E-state index in [9.17, 15) is 10.1 Å². The van der Waals surface area contributed by atoms with E-state index < -0.39 is 4.92 Å². The van der Waals surface area contributed by atoms with Gasteiger partial charge in [0.05, 0.1) is 4.92 Å². The largest absolute Gasteiger partial charge is 0.424 e. The van der Waals surface area contributed by atoms with Crippen molar-refractivity contribution in [3.05, 3.63) is 28.3 Å². The maximum Gasteiger partial charge on any atom is 0.295 e. The molecule has 0 radical (unpaired) electrons. The van der Waals surface area contributed by atoms with Crippen LogP contribution in [0.4, 0.5) is 11.7 Å². The lowest BCUT2D eigenvalue weighted by molar-refractivity contribution is -0.384. The molecule has 2 heterocycles. The molecular formula is C12H13N3O3S. The Morgan fingerprint density at radius 1 is 1.53 bits per heavy atom. The van der Waals surface area contributed by atoms with Crippen LogP contribution in [0.15, 0.2) is 22.6 Å². The molecule has 0 bridgehead atoms. The third kappa shape index (κ3) is 2.65. The summed E-state index contributed by atoms with van der Waals surface area (Å²) in [6, 6.07) is 5.25. The zero-order chi connectivity index (χ0) is 13.2. The molecule has 0 spiro atoms. The van der Waals surface area contributed by atoms with Gasteiger partial charge >= 0.3 is 0 Å². The van der Waals surface area contributed by atoms with Gasteiger partial charge in [-0.05, 0) is 24.7 Å². The van der Waals surface area contributed by atoms with Gasteiger partial charge in [-0.2, -0.15) is 16.7 Å². The van der Waals surface area contributed by atoms with E-state index in [2.05, 4.69) is 10.3 Å². The van der Waals surface area contributed by atoms with Gasteiger partial charge < -0.3 is 9.73 Å². The Bertz CT molecular complexity index is 607. The number of nitrogens with one attached hydrogen (secondary N) is 1. The van der Waals surface area contributed by atoms with Crippen molar-refractivity contribution in [2.24, 2.45) is 0 Å². The molecule has 1 saturated heterocycles. The summed E-state index contributed by atoms with van der Waals surface area (Å²) in [6.07, 6.45) is 2.29. The fraction of sp³-hybridized carbons (Fsp3) is 0.417. The second-order valence-corrected chi connectivity index (χ2v) is 5.64. The summed E-state index contributed by atoms with van der Waals surface area (Å²) < 4.78 is 5.55. The minimum atomic E-state index is -0.432. The number of aromatic nitrogens is 1. The van der Waals surface area contributed by atoms with Crippen molar-refractivity contribution in [1.29, 1.82) is 0 Å². The summed E-state index contributed by atoms with van der Waals surface area (Å²) >= 11 is 1.91. The normalized spacial score (nSPS) is 19.5. The summed E-state index contributed by atoms with van der Waals surface area (Å²) in [4.78, 5) is 14.5. The Hall–Kier alpha value is -1.76. The lowest BCUT2D eigenvalue weighted by Crippen LogP contribution is -2.25. The van der Waals surface area contributed by atoms with Gasteiger partial charge in [-0.25, -0.2) is 0 Å². The van der Waals surface area contributed by atoms with Crippen LogP contribution in [-0.4, -0.2) is 27.5 Å². The first-order valence-corrected chi connectivity index (χ1v) is 7.27. The molecule has 100 valence electrons. The number of hydrogen-bond acceptors (Lipinski definition) is 6. The van der Waals surface area contributed by atoms with Gasteiger partial charge in [-0.15, -0.1) is 0 Å². The lowest BCUT2D eigenvalue weighted by atomic mass is 10.2. The zero-order valence-electron chi connectivity index (χ0n) is 10.2. The molecule has 1 unspecified atom stereocenters. The predicted octanol–water partition coefficient (Wildman–Crippen LogP) is 3.04. The van der Waals surface area contributed by atoms with Crippen molar-refractivity contribution >= 4 is 34.6 Å². The SMILES string of the molecule is O=[N+]([O-])c1ccc2oc(NC3CCCSC3)nc2c1. The predicted molar refractivity (Wildman–Crippen MR) is 74.6 cm³/mol. The Morgan fingerprint density at radius 2 is 2.42 bits per heavy atom. The van der Waals surface area contributed by atoms with Gasteiger partial charge in [-0.1, -0.05) is 0 Å². The van der Waals surface area contributed by atoms with Crippen LogP contribution in [0.3, 0.4) is 0 Å². The Labute approximate surface area is 113 Å². The average molecular weight is 279 g/mol. The fourth-order valence-electron chi connectivity index (χ4n) is 2.12. The van der Waals surface area contributed by atoms with E-state index >= 15 is 0 Å². The number of thioether (sulfide) groups is 1. The maximum atomic E-state index is 10.7. The van der Waals surface area contributed by atoms with Crippen molar-refractivity contribution in [3.8, 4) is 0 Å². The minimum absolute atomic E-state index is 0.0283. The Balaban J connectivity index is 1.82. The number of benzene rings is 1. The van der Waals surface area contributed by atoms with Crippen LogP contribution in [-0.2, 0) is 0 Å². The minimum Gasteiger partial charge on any atom is -0.424 e. The van der Waals surface area contributed by atoms with Crippen molar-refractivity contribution in [1.82, 2.24) is 4.98 Å². The second-order valence-electron chi connectivity index (χ2n) is 4.49. The summed E-state index contributed by atoms with van der Waals surface area (Å²) in [5.41, 5.74) is 1.11. The van der Waals surface area contributed by atoms with Gasteiger partial charge in [0.25, 0.3) is 11.7 Å². The summed E-state index contributed by atoms with van der Waals surface area (Å²) in [6.45, 7) is 0. The smallest absolute Gasteiger partial charge is 0.295 e. The fourth-order valence-corrected chi connectivity index (χ4v) is 3.19. The molecular weight excluding hydrogens is 266 g/mol. The van der Waals surface area contributed by atoms with E-state index in [1.807, 2.05) is 11.8 Å². The molecule has 7 heteroatoms. The number of hydrogen-bond donors (Lipinski definition) is 1. The van der Waals surface area contributed by atoms with E-state index in [1.165, 1.54) is 24.3 Å². The molecule has 0 aliphatic carbocycles. The van der Waals surface area contributed by atoms with Crippen LogP contribution in [0, 0.1) is 10.1 Å². The molecule has 1 atom stereocenters. The van der Waals surface area contributed by atoms with Crippen molar-refractivity contribution in [2.75, 3.05) is 16.8 Å². The molecule has 1 aromatic heterocycles. The van der Waals surface area contributed by atoms with E-state index in [1.54, 1.807) is 6.07 Å². The first kappa shape index (κ1) is 12.3. The first-order chi connectivity index (χ1) is 9.22. The molecule has 0 saturated carbocycles. The summed E-state index contributed by atoms with van der Waals surface area (Å²) in [5, 5.41) is 13.9. The third-order valence-corrected chi connectivity index (χ3v) is 4.29. The number of non-ortho nitro benzene ring substituents is 1. The highest BCUT2D eigenvalue weighted by Crippen LogP contribution is 2.25. The Kier molecular flexibility index (Phi) is 3.29. The molecule has 2 aromatic rings. The molecule has 19 heavy (non-hydrogen) atoms. The maximum absolute atomic E-state index is 10.7. The van der Waals surface area contributed by atoms with Crippen molar-refractivity contribution < 1.29 is 9.34 Å². The van der Waals surface area contributed by atoms with Crippen LogP contribution in [0.1, 0.15) is 12.8 Å². The molecule has 1 aliphatic rings. The number of nitro groups is 1. The zero-order valence-corrected chi connectivity index (χ0v) is 11.0. The standard InChI is InChI=1S/C12H13N3O3S/c16-15(17)9-3-4-11-10(6-9)14-12(18-11)13-8-2-1-5-19-7-8/h3-4,6,8H,1-2,5,7H2,(H,13,14). The average Bonchev–Trinajstić information content (AvgIpc) is 2.80. The van der Waals surface area contributed by atoms with Crippen LogP contribution < -0.4 is 5.32 Å². The van der Waals surface area contributed by atoms with Gasteiger partial charge in [0.2, 0.25) is 0 Å². The number of rotatable bonds is 3. The van der Waals surface area contributed by atoms with Gasteiger partial charge in [0.1, 0.15) is 5.52 Å². The number of nitrogens with zero attached hydrogens (tertiary/aromatic N) is 2. The summed E-state index contributed by atoms with van der Waals surface area (Å²) in [5.74, 6) is 2.25. The topological polar surface area (TPSA) is 81.2 Å². The quantitative estimate of drug-likeness (QED) is 0.687. The van der Waals surface area contributed by atoms with Crippen LogP contribution in [0.5, 0.6) is 0 Å². The molecule has 1 aliphatic heterocycles. The monoisotopic (exact) mass is 279 g/mol. The highest BCUT2D eigenvalue weighted by atomic mass is 32.2. The molecule has 0 amide bonds. The second kappa shape index (κ2) is 5.08. The van der Waals surface area contributed by atoms with Gasteiger partial charge in [-0.3, -0.25) is 10.1 Å². The van der Waals surface area contributed by atoms with Gasteiger partial charge in [0.15, 0.2) is 5.58 Å². The number of nitro benzene ring substituents is 1.